The maximum Gasteiger partial charge on any atom is 0.151 e. The molecule has 94 valence electrons. The zero-order chi connectivity index (χ0) is 12.9. The molecule has 0 bridgehead atoms. The molecule has 0 fully saturated rings. The van der Waals surface area contributed by atoms with Gasteiger partial charge in [0.1, 0.15) is 12.4 Å². The van der Waals surface area contributed by atoms with E-state index in [1.54, 1.807) is 18.2 Å². The third-order valence-electron chi connectivity index (χ3n) is 2.93. The third-order valence-corrected chi connectivity index (χ3v) is 3.78. The smallest absolute Gasteiger partial charge is 0.151 e. The Kier molecular flexibility index (Phi) is 5.15. The van der Waals surface area contributed by atoms with Crippen molar-refractivity contribution >= 4 is 22.2 Å². The summed E-state index contributed by atoms with van der Waals surface area (Å²) in [6.07, 6.45) is 2.03. The molecule has 0 radical (unpaired) electrons. The van der Waals surface area contributed by atoms with Gasteiger partial charge in [-0.25, -0.2) is 0 Å². The predicted octanol–water partition coefficient (Wildman–Crippen LogP) is 3.19. The molecule has 1 N–H and O–H groups in total. The van der Waals surface area contributed by atoms with Crippen LogP contribution in [0.25, 0.3) is 0 Å². The van der Waals surface area contributed by atoms with Crippen molar-refractivity contribution in [1.29, 1.82) is 0 Å². The van der Waals surface area contributed by atoms with Crippen molar-refractivity contribution in [2.45, 2.75) is 32.3 Å². The molecule has 0 aromatic heterocycles. The monoisotopic (exact) mass is 300 g/mol. The fourth-order valence-electron chi connectivity index (χ4n) is 1.40. The largest absolute Gasteiger partial charge is 0.489 e. The Balaban J connectivity index is 2.79. The molecule has 0 amide bonds. The van der Waals surface area contributed by atoms with Crippen molar-refractivity contribution in [2.75, 3.05) is 6.61 Å². The Morgan fingerprint density at radius 2 is 2.06 bits per heavy atom. The number of hydrogen-bond donors (Lipinski definition) is 1. The Morgan fingerprint density at radius 3 is 2.59 bits per heavy atom. The van der Waals surface area contributed by atoms with E-state index < -0.39 is 5.60 Å². The van der Waals surface area contributed by atoms with Crippen molar-refractivity contribution in [2.24, 2.45) is 0 Å². The minimum atomic E-state index is -0.809. The second-order valence-corrected chi connectivity index (χ2v) is 4.79. The fraction of sp³-hybridized carbons (Fsp3) is 0.462. The van der Waals surface area contributed by atoms with E-state index in [4.69, 9.17) is 4.74 Å². The zero-order valence-electron chi connectivity index (χ0n) is 10.1. The van der Waals surface area contributed by atoms with Crippen LogP contribution in [0, 0.1) is 0 Å². The van der Waals surface area contributed by atoms with E-state index in [0.717, 1.165) is 6.29 Å². The van der Waals surface area contributed by atoms with Gasteiger partial charge in [0.25, 0.3) is 0 Å². The summed E-state index contributed by atoms with van der Waals surface area (Å²) in [6.45, 7) is 4.06. The maximum atomic E-state index is 10.8. The molecular formula is C13H17BrO3. The van der Waals surface area contributed by atoms with Crippen LogP contribution in [0.5, 0.6) is 5.75 Å². The zero-order valence-corrected chi connectivity index (χ0v) is 11.7. The molecule has 0 aliphatic carbocycles. The number of benzene rings is 1. The fourth-order valence-corrected chi connectivity index (χ4v) is 1.87. The number of aldehydes is 1. The number of rotatable bonds is 6. The number of halogens is 1. The minimum absolute atomic E-state index is 0.223. The molecule has 4 heteroatoms. The normalized spacial score (nSPS) is 11.3. The van der Waals surface area contributed by atoms with Crippen LogP contribution >= 0.6 is 15.9 Å². The van der Waals surface area contributed by atoms with E-state index in [0.29, 0.717) is 28.6 Å². The van der Waals surface area contributed by atoms with E-state index in [1.807, 2.05) is 13.8 Å². The van der Waals surface area contributed by atoms with Gasteiger partial charge in [0.05, 0.1) is 10.1 Å². The average molecular weight is 301 g/mol. The van der Waals surface area contributed by atoms with Crippen LogP contribution in [-0.2, 0) is 0 Å². The number of ether oxygens (including phenoxy) is 1. The Bertz CT molecular complexity index is 386. The van der Waals surface area contributed by atoms with Crippen LogP contribution in [0.4, 0.5) is 0 Å². The molecule has 1 aromatic carbocycles. The molecule has 3 nitrogen and oxygen atoms in total. The SMILES string of the molecule is CCC(O)(CC)COc1cccc(C=O)c1Br. The molecule has 0 heterocycles. The van der Waals surface area contributed by atoms with Gasteiger partial charge in [0.2, 0.25) is 0 Å². The van der Waals surface area contributed by atoms with Crippen molar-refractivity contribution in [3.63, 3.8) is 0 Å². The number of aliphatic hydroxyl groups is 1. The molecular weight excluding hydrogens is 284 g/mol. The first-order valence-corrected chi connectivity index (χ1v) is 6.44. The first-order chi connectivity index (χ1) is 8.06. The molecule has 0 saturated heterocycles. The van der Waals surface area contributed by atoms with Gasteiger partial charge in [-0.2, -0.15) is 0 Å². The minimum Gasteiger partial charge on any atom is -0.489 e. The highest BCUT2D eigenvalue weighted by molar-refractivity contribution is 9.10. The van der Waals surface area contributed by atoms with E-state index in [2.05, 4.69) is 15.9 Å². The lowest BCUT2D eigenvalue weighted by Crippen LogP contribution is -2.34. The van der Waals surface area contributed by atoms with Gasteiger partial charge >= 0.3 is 0 Å². The number of carbonyl (C=O) groups is 1. The maximum absolute atomic E-state index is 10.8. The Hall–Kier alpha value is -0.870. The molecule has 17 heavy (non-hydrogen) atoms. The number of carbonyl (C=O) groups excluding carboxylic acids is 1. The van der Waals surface area contributed by atoms with E-state index in [1.165, 1.54) is 0 Å². The number of hydrogen-bond acceptors (Lipinski definition) is 3. The Labute approximate surface area is 110 Å². The molecule has 1 rings (SSSR count). The van der Waals surface area contributed by atoms with Gasteiger partial charge in [-0.05, 0) is 34.8 Å². The molecule has 0 spiro atoms. The molecule has 0 atom stereocenters. The van der Waals surface area contributed by atoms with Crippen molar-refractivity contribution < 1.29 is 14.6 Å². The van der Waals surface area contributed by atoms with Crippen LogP contribution in [-0.4, -0.2) is 23.6 Å². The highest BCUT2D eigenvalue weighted by Gasteiger charge is 2.23. The summed E-state index contributed by atoms with van der Waals surface area (Å²) < 4.78 is 6.20. The standard InChI is InChI=1S/C13H17BrO3/c1-3-13(16,4-2)9-17-11-7-5-6-10(8-15)12(11)14/h5-8,16H,3-4,9H2,1-2H3. The van der Waals surface area contributed by atoms with Crippen LogP contribution in [0.2, 0.25) is 0 Å². The molecule has 0 saturated carbocycles. The highest BCUT2D eigenvalue weighted by atomic mass is 79.9. The lowest BCUT2D eigenvalue weighted by molar-refractivity contribution is -0.0115. The summed E-state index contributed by atoms with van der Waals surface area (Å²) in [6, 6.07) is 5.22. The summed E-state index contributed by atoms with van der Waals surface area (Å²) in [5.41, 5.74) is -0.268. The predicted molar refractivity (Wildman–Crippen MR) is 70.6 cm³/mol. The summed E-state index contributed by atoms with van der Waals surface area (Å²) in [5, 5.41) is 10.1. The lowest BCUT2D eigenvalue weighted by Gasteiger charge is -2.25. The van der Waals surface area contributed by atoms with Crippen LogP contribution < -0.4 is 4.74 Å². The van der Waals surface area contributed by atoms with E-state index in [-0.39, 0.29) is 6.61 Å². The second-order valence-electron chi connectivity index (χ2n) is 4.00. The summed E-state index contributed by atoms with van der Waals surface area (Å²) in [7, 11) is 0. The third kappa shape index (κ3) is 3.54. The first kappa shape index (κ1) is 14.2. The molecule has 0 aliphatic rings. The summed E-state index contributed by atoms with van der Waals surface area (Å²) in [4.78, 5) is 10.8. The van der Waals surface area contributed by atoms with Gasteiger partial charge in [-0.15, -0.1) is 0 Å². The van der Waals surface area contributed by atoms with Gasteiger partial charge < -0.3 is 9.84 Å². The van der Waals surface area contributed by atoms with Crippen molar-refractivity contribution in [3.8, 4) is 5.75 Å². The molecule has 0 aliphatic heterocycles. The van der Waals surface area contributed by atoms with Crippen molar-refractivity contribution in [3.05, 3.63) is 28.2 Å². The van der Waals surface area contributed by atoms with Crippen molar-refractivity contribution in [1.82, 2.24) is 0 Å². The quantitative estimate of drug-likeness (QED) is 0.821. The average Bonchev–Trinajstić information content (AvgIpc) is 2.37. The van der Waals surface area contributed by atoms with Gasteiger partial charge in [0.15, 0.2) is 6.29 Å². The molecule has 0 unspecified atom stereocenters. The van der Waals surface area contributed by atoms with E-state index in [9.17, 15) is 9.90 Å². The second kappa shape index (κ2) is 6.17. The summed E-state index contributed by atoms with van der Waals surface area (Å²) in [5.74, 6) is 0.579. The van der Waals surface area contributed by atoms with E-state index >= 15 is 0 Å². The first-order valence-electron chi connectivity index (χ1n) is 5.65. The van der Waals surface area contributed by atoms with Gasteiger partial charge in [0, 0.05) is 5.56 Å². The topological polar surface area (TPSA) is 46.5 Å². The summed E-state index contributed by atoms with van der Waals surface area (Å²) >= 11 is 3.32. The van der Waals surface area contributed by atoms with Gasteiger partial charge in [-0.3, -0.25) is 4.79 Å². The highest BCUT2D eigenvalue weighted by Crippen LogP contribution is 2.29. The van der Waals surface area contributed by atoms with Gasteiger partial charge in [-0.1, -0.05) is 26.0 Å². The van der Waals surface area contributed by atoms with Crippen LogP contribution in [0.15, 0.2) is 22.7 Å². The lowest BCUT2D eigenvalue weighted by atomic mass is 9.99. The van der Waals surface area contributed by atoms with Crippen LogP contribution in [0.1, 0.15) is 37.0 Å². The van der Waals surface area contributed by atoms with Crippen LogP contribution in [0.3, 0.4) is 0 Å². The Morgan fingerprint density at radius 1 is 1.41 bits per heavy atom. The molecule has 1 aromatic rings.